The molecule has 1 heterocycles. The molecule has 0 radical (unpaired) electrons. The number of rotatable bonds is 6. The summed E-state index contributed by atoms with van der Waals surface area (Å²) >= 11 is 5.79. The van der Waals surface area contributed by atoms with Gasteiger partial charge in [-0.25, -0.2) is 9.97 Å². The Morgan fingerprint density at radius 3 is 2.39 bits per heavy atom. The average molecular weight is 270 g/mol. The van der Waals surface area contributed by atoms with E-state index in [0.717, 1.165) is 30.3 Å². The third-order valence-electron chi connectivity index (χ3n) is 2.82. The van der Waals surface area contributed by atoms with Crippen LogP contribution in [-0.4, -0.2) is 28.4 Å². The zero-order valence-corrected chi connectivity index (χ0v) is 12.8. The molecule has 0 saturated heterocycles. The van der Waals surface area contributed by atoms with Gasteiger partial charge in [-0.3, -0.25) is 0 Å². The van der Waals surface area contributed by atoms with Crippen molar-refractivity contribution in [3.63, 3.8) is 0 Å². The molecule has 0 N–H and O–H groups in total. The summed E-state index contributed by atoms with van der Waals surface area (Å²) in [5.41, 5.74) is 1.03. The van der Waals surface area contributed by atoms with Gasteiger partial charge in [0.25, 0.3) is 0 Å². The summed E-state index contributed by atoms with van der Waals surface area (Å²) in [5, 5.41) is 0. The molecule has 0 aliphatic heterocycles. The molecule has 0 saturated carbocycles. The molecule has 4 heteroatoms. The molecule has 0 bridgehead atoms. The van der Waals surface area contributed by atoms with Crippen LogP contribution in [0.1, 0.15) is 51.6 Å². The van der Waals surface area contributed by atoms with E-state index < -0.39 is 0 Å². The van der Waals surface area contributed by atoms with Gasteiger partial charge in [0.05, 0.1) is 0 Å². The number of halogens is 1. The van der Waals surface area contributed by atoms with Crippen molar-refractivity contribution in [1.82, 2.24) is 9.97 Å². The molecule has 0 atom stereocenters. The number of nitrogens with zero attached hydrogens (tertiary/aromatic N) is 3. The van der Waals surface area contributed by atoms with E-state index in [1.165, 1.54) is 0 Å². The van der Waals surface area contributed by atoms with Gasteiger partial charge in [-0.15, -0.1) is 11.6 Å². The van der Waals surface area contributed by atoms with Gasteiger partial charge < -0.3 is 4.90 Å². The minimum atomic E-state index is 0.352. The highest BCUT2D eigenvalue weighted by Gasteiger charge is 2.14. The number of aryl methyl sites for hydroxylation is 1. The zero-order chi connectivity index (χ0) is 13.7. The number of alkyl halides is 1. The van der Waals surface area contributed by atoms with E-state index in [1.54, 1.807) is 0 Å². The molecular formula is C14H24ClN3. The highest BCUT2D eigenvalue weighted by Crippen LogP contribution is 2.19. The third-order valence-corrected chi connectivity index (χ3v) is 3.09. The summed E-state index contributed by atoms with van der Waals surface area (Å²) in [7, 11) is 0. The number of hydrogen-bond acceptors (Lipinski definition) is 3. The first kappa shape index (κ1) is 15.2. The zero-order valence-electron chi connectivity index (χ0n) is 12.1. The fourth-order valence-corrected chi connectivity index (χ4v) is 1.97. The normalized spacial score (nSPS) is 11.3. The second-order valence-corrected chi connectivity index (χ2v) is 5.59. The van der Waals surface area contributed by atoms with E-state index in [4.69, 9.17) is 11.6 Å². The standard InChI is InChI=1S/C14H24ClN3/c1-10(2)14-16-12(5)9-13(17-14)18(11(3)4)8-6-7-15/h9-11H,6-8H2,1-5H3. The maximum Gasteiger partial charge on any atom is 0.133 e. The minimum Gasteiger partial charge on any atom is -0.354 e. The van der Waals surface area contributed by atoms with Crippen LogP contribution in [0.4, 0.5) is 5.82 Å². The second kappa shape index (κ2) is 6.93. The van der Waals surface area contributed by atoms with Crippen molar-refractivity contribution in [3.8, 4) is 0 Å². The van der Waals surface area contributed by atoms with Crippen molar-refractivity contribution < 1.29 is 0 Å². The molecule has 0 aliphatic rings. The van der Waals surface area contributed by atoms with Gasteiger partial charge >= 0.3 is 0 Å². The Bertz CT molecular complexity index is 377. The van der Waals surface area contributed by atoms with E-state index in [0.29, 0.717) is 17.8 Å². The fourth-order valence-electron chi connectivity index (χ4n) is 1.85. The van der Waals surface area contributed by atoms with Crippen LogP contribution in [-0.2, 0) is 0 Å². The first-order chi connectivity index (χ1) is 8.45. The Kier molecular flexibility index (Phi) is 5.86. The summed E-state index contributed by atoms with van der Waals surface area (Å²) in [4.78, 5) is 11.5. The van der Waals surface area contributed by atoms with E-state index in [-0.39, 0.29) is 0 Å². The number of hydrogen-bond donors (Lipinski definition) is 0. The molecule has 102 valence electrons. The lowest BCUT2D eigenvalue weighted by atomic mass is 10.2. The second-order valence-electron chi connectivity index (χ2n) is 5.21. The maximum atomic E-state index is 5.79. The predicted molar refractivity (Wildman–Crippen MR) is 78.7 cm³/mol. The topological polar surface area (TPSA) is 29.0 Å². The minimum absolute atomic E-state index is 0.352. The van der Waals surface area contributed by atoms with Crippen molar-refractivity contribution in [2.45, 2.75) is 53.0 Å². The average Bonchev–Trinajstić information content (AvgIpc) is 2.28. The van der Waals surface area contributed by atoms with Crippen LogP contribution in [0.5, 0.6) is 0 Å². The van der Waals surface area contributed by atoms with Crippen molar-refractivity contribution in [2.75, 3.05) is 17.3 Å². The van der Waals surface area contributed by atoms with Crippen molar-refractivity contribution in [2.24, 2.45) is 0 Å². The van der Waals surface area contributed by atoms with Crippen LogP contribution in [0.25, 0.3) is 0 Å². The van der Waals surface area contributed by atoms with Crippen LogP contribution in [0.2, 0.25) is 0 Å². The summed E-state index contributed by atoms with van der Waals surface area (Å²) in [6.07, 6.45) is 0.972. The summed E-state index contributed by atoms with van der Waals surface area (Å²) < 4.78 is 0. The monoisotopic (exact) mass is 269 g/mol. The van der Waals surface area contributed by atoms with Gasteiger partial charge in [0, 0.05) is 36.1 Å². The lowest BCUT2D eigenvalue weighted by molar-refractivity contribution is 0.653. The number of anilines is 1. The van der Waals surface area contributed by atoms with E-state index >= 15 is 0 Å². The lowest BCUT2D eigenvalue weighted by Crippen LogP contribution is -2.33. The van der Waals surface area contributed by atoms with Gasteiger partial charge in [0.2, 0.25) is 0 Å². The summed E-state index contributed by atoms with van der Waals surface area (Å²) in [6.45, 7) is 11.6. The Morgan fingerprint density at radius 2 is 1.89 bits per heavy atom. The largest absolute Gasteiger partial charge is 0.354 e. The Hall–Kier alpha value is -0.830. The summed E-state index contributed by atoms with van der Waals surface area (Å²) in [5.74, 6) is 2.98. The fraction of sp³-hybridized carbons (Fsp3) is 0.714. The van der Waals surface area contributed by atoms with Gasteiger partial charge in [0.1, 0.15) is 11.6 Å². The Balaban J connectivity index is 3.03. The van der Waals surface area contributed by atoms with Crippen molar-refractivity contribution in [3.05, 3.63) is 17.6 Å². The highest BCUT2D eigenvalue weighted by molar-refractivity contribution is 6.17. The Morgan fingerprint density at radius 1 is 1.22 bits per heavy atom. The van der Waals surface area contributed by atoms with Crippen LogP contribution in [0, 0.1) is 6.92 Å². The predicted octanol–water partition coefficient (Wildman–Crippen LogP) is 3.75. The molecule has 0 aromatic carbocycles. The van der Waals surface area contributed by atoms with Gasteiger partial charge in [-0.05, 0) is 27.2 Å². The SMILES string of the molecule is Cc1cc(N(CCCCl)C(C)C)nc(C(C)C)n1. The molecule has 0 aliphatic carbocycles. The van der Waals surface area contributed by atoms with Gasteiger partial charge in [0.15, 0.2) is 0 Å². The van der Waals surface area contributed by atoms with Crippen molar-refractivity contribution in [1.29, 1.82) is 0 Å². The molecule has 0 spiro atoms. The first-order valence-corrected chi connectivity index (χ1v) is 7.17. The molecule has 0 unspecified atom stereocenters. The van der Waals surface area contributed by atoms with Crippen LogP contribution in [0.3, 0.4) is 0 Å². The van der Waals surface area contributed by atoms with E-state index in [2.05, 4.69) is 48.6 Å². The maximum absolute atomic E-state index is 5.79. The van der Waals surface area contributed by atoms with Crippen LogP contribution < -0.4 is 4.90 Å². The lowest BCUT2D eigenvalue weighted by Gasteiger charge is -2.28. The molecule has 0 fully saturated rings. The molecule has 1 aromatic rings. The molecule has 0 amide bonds. The van der Waals surface area contributed by atoms with Gasteiger partial charge in [-0.2, -0.15) is 0 Å². The van der Waals surface area contributed by atoms with Gasteiger partial charge in [-0.1, -0.05) is 13.8 Å². The van der Waals surface area contributed by atoms with Crippen LogP contribution in [0.15, 0.2) is 6.07 Å². The highest BCUT2D eigenvalue weighted by atomic mass is 35.5. The van der Waals surface area contributed by atoms with Crippen LogP contribution >= 0.6 is 11.6 Å². The smallest absolute Gasteiger partial charge is 0.133 e. The quantitative estimate of drug-likeness (QED) is 0.737. The molecular weight excluding hydrogens is 246 g/mol. The molecule has 1 rings (SSSR count). The van der Waals surface area contributed by atoms with E-state index in [9.17, 15) is 0 Å². The summed E-state index contributed by atoms with van der Waals surface area (Å²) in [6, 6.07) is 2.47. The van der Waals surface area contributed by atoms with E-state index in [1.807, 2.05) is 6.92 Å². The molecule has 1 aromatic heterocycles. The third kappa shape index (κ3) is 4.13. The molecule has 3 nitrogen and oxygen atoms in total. The number of aromatic nitrogens is 2. The molecule has 18 heavy (non-hydrogen) atoms. The Labute approximate surface area is 116 Å². The van der Waals surface area contributed by atoms with Crippen molar-refractivity contribution >= 4 is 17.4 Å². The first-order valence-electron chi connectivity index (χ1n) is 6.64.